The van der Waals surface area contributed by atoms with E-state index in [1.807, 2.05) is 6.92 Å². The first-order chi connectivity index (χ1) is 12.4. The number of nitrogens with zero attached hydrogens (tertiary/aromatic N) is 2. The molecule has 4 N–H and O–H groups in total. The van der Waals surface area contributed by atoms with Crippen LogP contribution in [0.1, 0.15) is 18.9 Å². The molecule has 26 heavy (non-hydrogen) atoms. The fourth-order valence-electron chi connectivity index (χ4n) is 2.30. The number of nitrogen functional groups attached to an aromatic ring is 1. The van der Waals surface area contributed by atoms with Crippen molar-refractivity contribution in [1.29, 1.82) is 10.7 Å². The molecule has 0 amide bonds. The Labute approximate surface area is 153 Å². The molecule has 0 bridgehead atoms. The quantitative estimate of drug-likeness (QED) is 0.642. The van der Waals surface area contributed by atoms with Crippen molar-refractivity contribution in [3.05, 3.63) is 35.8 Å². The number of methoxy groups -OCH3 is 1. The molecule has 1 heterocycles. The molecule has 0 radical (unpaired) electrons. The molecule has 9 heteroatoms. The van der Waals surface area contributed by atoms with E-state index in [-0.39, 0.29) is 28.5 Å². The van der Waals surface area contributed by atoms with Crippen molar-refractivity contribution in [3.63, 3.8) is 0 Å². The van der Waals surface area contributed by atoms with Crippen LogP contribution in [-0.2, 0) is 11.0 Å². The van der Waals surface area contributed by atoms with E-state index >= 15 is 0 Å². The van der Waals surface area contributed by atoms with Gasteiger partial charge in [-0.2, -0.15) is 5.26 Å². The number of halogens is 1. The van der Waals surface area contributed by atoms with Crippen LogP contribution in [0, 0.1) is 22.6 Å². The normalized spacial score (nSPS) is 11.5. The van der Waals surface area contributed by atoms with Crippen LogP contribution < -0.4 is 15.2 Å². The van der Waals surface area contributed by atoms with Gasteiger partial charge in [-0.15, -0.1) is 0 Å². The predicted molar refractivity (Wildman–Crippen MR) is 100.0 cm³/mol. The van der Waals surface area contributed by atoms with Crippen LogP contribution in [-0.4, -0.2) is 27.8 Å². The number of anilines is 2. The number of nitrogens with two attached hydrogens (primary N) is 1. The average molecular weight is 375 g/mol. The predicted octanol–water partition coefficient (Wildman–Crippen LogP) is 2.86. The third kappa shape index (κ3) is 4.15. The van der Waals surface area contributed by atoms with Gasteiger partial charge < -0.3 is 15.2 Å². The van der Waals surface area contributed by atoms with Gasteiger partial charge in [-0.1, -0.05) is 6.92 Å². The van der Waals surface area contributed by atoms with E-state index in [9.17, 15) is 8.60 Å². The van der Waals surface area contributed by atoms with Gasteiger partial charge in [0.15, 0.2) is 11.6 Å². The second-order valence-electron chi connectivity index (χ2n) is 5.33. The van der Waals surface area contributed by atoms with Crippen LogP contribution >= 0.6 is 0 Å². The first kappa shape index (κ1) is 19.3. The van der Waals surface area contributed by atoms with Crippen LogP contribution in [0.15, 0.2) is 24.4 Å². The second kappa shape index (κ2) is 8.40. The monoisotopic (exact) mass is 375 g/mol. The maximum atomic E-state index is 14.4. The number of rotatable bonds is 7. The molecule has 0 saturated heterocycles. The Hall–Kier alpha value is -2.99. The minimum absolute atomic E-state index is 0.0386. The smallest absolute Gasteiger partial charge is 0.178 e. The fraction of sp³-hybridized carbons (Fsp3) is 0.235. The number of nitriles is 1. The highest BCUT2D eigenvalue weighted by molar-refractivity contribution is 7.86. The number of hydrogen-bond donors (Lipinski definition) is 3. The summed E-state index contributed by atoms with van der Waals surface area (Å²) in [6.45, 7) is 1.89. The number of pyridine rings is 1. The molecular weight excluding hydrogens is 357 g/mol. The highest BCUT2D eigenvalue weighted by atomic mass is 32.2. The lowest BCUT2D eigenvalue weighted by Crippen LogP contribution is -2.10. The third-order valence-electron chi connectivity index (χ3n) is 3.49. The summed E-state index contributed by atoms with van der Waals surface area (Å²) in [6.07, 6.45) is 2.11. The molecule has 0 spiro atoms. The Balaban J connectivity index is 2.54. The van der Waals surface area contributed by atoms with E-state index < -0.39 is 16.8 Å². The van der Waals surface area contributed by atoms with Crippen LogP contribution in [0.25, 0.3) is 11.1 Å². The number of hydrogen-bond acceptors (Lipinski definition) is 6. The van der Waals surface area contributed by atoms with Gasteiger partial charge in [0.05, 0.1) is 18.4 Å². The van der Waals surface area contributed by atoms with E-state index in [0.29, 0.717) is 23.3 Å². The van der Waals surface area contributed by atoms with E-state index in [1.165, 1.54) is 25.4 Å². The topological polar surface area (TPSA) is 125 Å². The van der Waals surface area contributed by atoms with Gasteiger partial charge >= 0.3 is 0 Å². The lowest BCUT2D eigenvalue weighted by molar-refractivity contribution is 0.389. The molecule has 2 rings (SSSR count). The van der Waals surface area contributed by atoms with Gasteiger partial charge in [-0.3, -0.25) is 5.41 Å². The number of nitrogens with one attached hydrogen (secondary N) is 2. The number of benzene rings is 1. The fourth-order valence-corrected chi connectivity index (χ4v) is 3.17. The molecule has 7 nitrogen and oxygen atoms in total. The lowest BCUT2D eigenvalue weighted by atomic mass is 10.0. The average Bonchev–Trinajstić information content (AvgIpc) is 2.61. The molecule has 2 aromatic rings. The number of ether oxygens (including phenoxy) is 1. The van der Waals surface area contributed by atoms with E-state index in [2.05, 4.69) is 9.71 Å². The Morgan fingerprint density at radius 2 is 2.19 bits per heavy atom. The largest absolute Gasteiger partial charge is 0.492 e. The maximum Gasteiger partial charge on any atom is 0.178 e. The summed E-state index contributed by atoms with van der Waals surface area (Å²) in [7, 11) is -0.0596. The minimum atomic E-state index is -1.38. The summed E-state index contributed by atoms with van der Waals surface area (Å²) >= 11 is 0. The molecule has 0 saturated carbocycles. The van der Waals surface area contributed by atoms with Gasteiger partial charge in [-0.05, 0) is 30.2 Å². The van der Waals surface area contributed by atoms with Crippen molar-refractivity contribution in [3.8, 4) is 22.9 Å². The van der Waals surface area contributed by atoms with Gasteiger partial charge in [-0.25, -0.2) is 13.6 Å². The Morgan fingerprint density at radius 3 is 2.81 bits per heavy atom. The lowest BCUT2D eigenvalue weighted by Gasteiger charge is -2.14. The molecule has 1 aromatic heterocycles. The molecule has 1 atom stereocenters. The maximum absolute atomic E-state index is 14.4. The van der Waals surface area contributed by atoms with Crippen molar-refractivity contribution >= 4 is 28.2 Å². The van der Waals surface area contributed by atoms with Crippen LogP contribution in [0.3, 0.4) is 0 Å². The van der Waals surface area contributed by atoms with Crippen molar-refractivity contribution in [1.82, 2.24) is 4.98 Å². The summed E-state index contributed by atoms with van der Waals surface area (Å²) in [4.78, 5) is 3.97. The summed E-state index contributed by atoms with van der Waals surface area (Å²) in [5, 5.41) is 16.5. The van der Waals surface area contributed by atoms with Crippen molar-refractivity contribution in [2.45, 2.75) is 13.3 Å². The summed E-state index contributed by atoms with van der Waals surface area (Å²) in [5.74, 6) is -0.250. The molecule has 0 aliphatic carbocycles. The zero-order valence-corrected chi connectivity index (χ0v) is 15.1. The van der Waals surface area contributed by atoms with Crippen LogP contribution in [0.5, 0.6) is 5.75 Å². The molecule has 0 fully saturated rings. The third-order valence-corrected chi connectivity index (χ3v) is 4.72. The van der Waals surface area contributed by atoms with Gasteiger partial charge in [0.1, 0.15) is 28.6 Å². The molecular formula is C17H18FN5O2S. The summed E-state index contributed by atoms with van der Waals surface area (Å²) < 4.78 is 34.2. The zero-order valence-electron chi connectivity index (χ0n) is 14.3. The van der Waals surface area contributed by atoms with E-state index in [1.54, 1.807) is 12.1 Å². The van der Waals surface area contributed by atoms with Gasteiger partial charge in [0.2, 0.25) is 0 Å². The van der Waals surface area contributed by atoms with Crippen LogP contribution in [0.2, 0.25) is 0 Å². The van der Waals surface area contributed by atoms with Crippen LogP contribution in [0.4, 0.5) is 15.9 Å². The first-order valence-electron chi connectivity index (χ1n) is 7.68. The van der Waals surface area contributed by atoms with Gasteiger partial charge in [0.25, 0.3) is 0 Å². The Bertz CT molecular complexity index is 911. The highest BCUT2D eigenvalue weighted by Crippen LogP contribution is 2.34. The minimum Gasteiger partial charge on any atom is -0.492 e. The Kier molecular flexibility index (Phi) is 6.25. The highest BCUT2D eigenvalue weighted by Gasteiger charge is 2.16. The SMILES string of the molecule is CCCS(=O)Nc1cc(-c2cnc(N)c(C(=N)C#N)c2)cc(F)c1OC. The van der Waals surface area contributed by atoms with Gasteiger partial charge in [0, 0.05) is 17.5 Å². The molecule has 0 aliphatic heterocycles. The molecule has 1 aromatic carbocycles. The summed E-state index contributed by atoms with van der Waals surface area (Å²) in [5.41, 5.74) is 6.63. The van der Waals surface area contributed by atoms with E-state index in [4.69, 9.17) is 21.1 Å². The van der Waals surface area contributed by atoms with Crippen molar-refractivity contribution in [2.75, 3.05) is 23.3 Å². The second-order valence-corrected chi connectivity index (χ2v) is 6.64. The van der Waals surface area contributed by atoms with E-state index in [0.717, 1.165) is 0 Å². The number of aromatic nitrogens is 1. The molecule has 0 aliphatic rings. The van der Waals surface area contributed by atoms with Crippen molar-refractivity contribution < 1.29 is 13.3 Å². The first-order valence-corrected chi connectivity index (χ1v) is 9.00. The van der Waals surface area contributed by atoms with Crippen molar-refractivity contribution in [2.24, 2.45) is 0 Å². The molecule has 1 unspecified atom stereocenters. The summed E-state index contributed by atoms with van der Waals surface area (Å²) in [6, 6.07) is 5.99. The zero-order chi connectivity index (χ0) is 19.3. The Morgan fingerprint density at radius 1 is 1.46 bits per heavy atom. The molecule has 136 valence electrons. The standard InChI is InChI=1S/C17H18FN5O2S/c1-3-4-26(24)23-15-7-10(6-13(18)16(15)25-2)11-5-12(14(20)8-19)17(21)22-9-11/h5-7,9,20,23H,3-4H2,1-2H3,(H2,21,22).